The van der Waals surface area contributed by atoms with Crippen molar-refractivity contribution in [2.24, 2.45) is 7.05 Å². The molecule has 0 bridgehead atoms. The minimum Gasteiger partial charge on any atom is -0.436 e. The first-order valence-corrected chi connectivity index (χ1v) is 6.45. The van der Waals surface area contributed by atoms with Gasteiger partial charge in [0.05, 0.1) is 9.26 Å². The van der Waals surface area contributed by atoms with Gasteiger partial charge in [-0.25, -0.2) is 4.68 Å². The molecule has 0 aliphatic rings. The number of anilines is 1. The van der Waals surface area contributed by atoms with Crippen LogP contribution in [-0.2, 0) is 13.5 Å². The highest BCUT2D eigenvalue weighted by Gasteiger charge is 2.14. The number of para-hydroxylation sites is 1. The van der Waals surface area contributed by atoms with Crippen molar-refractivity contribution >= 4 is 28.3 Å². The van der Waals surface area contributed by atoms with Crippen LogP contribution in [0.5, 0.6) is 11.6 Å². The Bertz CT molecular complexity index is 537. The standard InChI is InChI=1S/C12H14IN3O/c1-3-9-11(14)12(16(2)15-9)17-10-7-5-4-6-8(10)13/h4-7H,3,14H2,1-2H3. The minimum absolute atomic E-state index is 0.603. The third-order valence-electron chi connectivity index (χ3n) is 2.48. The zero-order valence-corrected chi connectivity index (χ0v) is 11.9. The molecule has 2 rings (SSSR count). The Kier molecular flexibility index (Phi) is 3.56. The van der Waals surface area contributed by atoms with Crippen LogP contribution in [0.3, 0.4) is 0 Å². The summed E-state index contributed by atoms with van der Waals surface area (Å²) in [5, 5.41) is 4.32. The quantitative estimate of drug-likeness (QED) is 0.872. The molecule has 0 saturated carbocycles. The van der Waals surface area contributed by atoms with E-state index in [1.165, 1.54) is 0 Å². The lowest BCUT2D eigenvalue weighted by atomic mass is 10.3. The van der Waals surface area contributed by atoms with Gasteiger partial charge in [-0.2, -0.15) is 5.10 Å². The Morgan fingerprint density at radius 2 is 2.12 bits per heavy atom. The summed E-state index contributed by atoms with van der Waals surface area (Å²) in [6.07, 6.45) is 0.801. The summed E-state index contributed by atoms with van der Waals surface area (Å²) >= 11 is 2.23. The summed E-state index contributed by atoms with van der Waals surface area (Å²) in [6, 6.07) is 7.81. The van der Waals surface area contributed by atoms with Crippen molar-refractivity contribution in [3.63, 3.8) is 0 Å². The van der Waals surface area contributed by atoms with Gasteiger partial charge >= 0.3 is 0 Å². The van der Waals surface area contributed by atoms with Gasteiger partial charge in [0, 0.05) is 7.05 Å². The van der Waals surface area contributed by atoms with Crippen LogP contribution in [0.25, 0.3) is 0 Å². The van der Waals surface area contributed by atoms with E-state index in [4.69, 9.17) is 10.5 Å². The van der Waals surface area contributed by atoms with Gasteiger partial charge in [-0.3, -0.25) is 0 Å². The van der Waals surface area contributed by atoms with Crippen LogP contribution in [0.4, 0.5) is 5.69 Å². The molecule has 1 aromatic carbocycles. The van der Waals surface area contributed by atoms with Crippen molar-refractivity contribution in [2.75, 3.05) is 5.73 Å². The van der Waals surface area contributed by atoms with Gasteiger partial charge in [0.1, 0.15) is 11.4 Å². The normalized spacial score (nSPS) is 10.5. The summed E-state index contributed by atoms with van der Waals surface area (Å²) < 4.78 is 8.54. The van der Waals surface area contributed by atoms with E-state index in [1.807, 2.05) is 38.2 Å². The first-order chi connectivity index (χ1) is 8.13. The van der Waals surface area contributed by atoms with Crippen molar-refractivity contribution in [3.05, 3.63) is 33.5 Å². The minimum atomic E-state index is 0.603. The van der Waals surface area contributed by atoms with Crippen molar-refractivity contribution in [1.29, 1.82) is 0 Å². The number of hydrogen-bond donors (Lipinski definition) is 1. The van der Waals surface area contributed by atoms with Crippen molar-refractivity contribution in [2.45, 2.75) is 13.3 Å². The van der Waals surface area contributed by atoms with Crippen LogP contribution < -0.4 is 10.5 Å². The van der Waals surface area contributed by atoms with Gasteiger partial charge < -0.3 is 10.5 Å². The van der Waals surface area contributed by atoms with E-state index in [0.29, 0.717) is 11.6 Å². The highest BCUT2D eigenvalue weighted by Crippen LogP contribution is 2.31. The number of nitrogens with zero attached hydrogens (tertiary/aromatic N) is 2. The lowest BCUT2D eigenvalue weighted by molar-refractivity contribution is 0.430. The number of aromatic nitrogens is 2. The van der Waals surface area contributed by atoms with Crippen LogP contribution in [-0.4, -0.2) is 9.78 Å². The molecule has 0 aliphatic heterocycles. The molecule has 0 unspecified atom stereocenters. The Balaban J connectivity index is 2.37. The predicted molar refractivity (Wildman–Crippen MR) is 76.2 cm³/mol. The van der Waals surface area contributed by atoms with Gasteiger partial charge in [0.15, 0.2) is 0 Å². The third-order valence-corrected chi connectivity index (χ3v) is 3.38. The fourth-order valence-corrected chi connectivity index (χ4v) is 2.09. The van der Waals surface area contributed by atoms with E-state index < -0.39 is 0 Å². The van der Waals surface area contributed by atoms with E-state index in [0.717, 1.165) is 21.4 Å². The van der Waals surface area contributed by atoms with Gasteiger partial charge in [0.2, 0.25) is 5.88 Å². The zero-order chi connectivity index (χ0) is 12.4. The lowest BCUT2D eigenvalue weighted by Crippen LogP contribution is -1.98. The summed E-state index contributed by atoms with van der Waals surface area (Å²) in [7, 11) is 1.83. The molecule has 0 atom stereocenters. The van der Waals surface area contributed by atoms with Gasteiger partial charge in [-0.05, 0) is 41.1 Å². The first kappa shape index (κ1) is 12.2. The molecular weight excluding hydrogens is 329 g/mol. The predicted octanol–water partition coefficient (Wildman–Crippen LogP) is 2.96. The van der Waals surface area contributed by atoms with E-state index in [1.54, 1.807) is 4.68 Å². The molecule has 17 heavy (non-hydrogen) atoms. The molecule has 4 nitrogen and oxygen atoms in total. The highest BCUT2D eigenvalue weighted by atomic mass is 127. The fraction of sp³-hybridized carbons (Fsp3) is 0.250. The molecule has 0 fully saturated rings. The molecule has 90 valence electrons. The van der Waals surface area contributed by atoms with Crippen LogP contribution in [0.15, 0.2) is 24.3 Å². The van der Waals surface area contributed by atoms with E-state index >= 15 is 0 Å². The molecule has 0 saturated heterocycles. The molecule has 1 heterocycles. The van der Waals surface area contributed by atoms with Crippen LogP contribution in [0, 0.1) is 3.57 Å². The molecule has 1 aromatic heterocycles. The Morgan fingerprint density at radius 3 is 2.71 bits per heavy atom. The van der Waals surface area contributed by atoms with Gasteiger partial charge in [0.25, 0.3) is 0 Å². The second-order valence-electron chi connectivity index (χ2n) is 3.68. The van der Waals surface area contributed by atoms with E-state index in [-0.39, 0.29) is 0 Å². The topological polar surface area (TPSA) is 53.1 Å². The molecule has 0 aliphatic carbocycles. The van der Waals surface area contributed by atoms with Crippen molar-refractivity contribution in [3.8, 4) is 11.6 Å². The first-order valence-electron chi connectivity index (χ1n) is 5.37. The Hall–Kier alpha value is -1.24. The summed E-state index contributed by atoms with van der Waals surface area (Å²) in [6.45, 7) is 2.02. The number of benzene rings is 1. The molecule has 2 N–H and O–H groups in total. The van der Waals surface area contributed by atoms with Gasteiger partial charge in [-0.15, -0.1) is 0 Å². The zero-order valence-electron chi connectivity index (χ0n) is 9.77. The number of aryl methyl sites for hydroxylation is 2. The Labute approximate surface area is 114 Å². The van der Waals surface area contributed by atoms with E-state index in [9.17, 15) is 0 Å². The molecule has 0 radical (unpaired) electrons. The van der Waals surface area contributed by atoms with Crippen molar-refractivity contribution in [1.82, 2.24) is 9.78 Å². The lowest BCUT2D eigenvalue weighted by Gasteiger charge is -2.08. The molecule has 0 amide bonds. The molecule has 2 aromatic rings. The molecular formula is C12H14IN3O. The highest BCUT2D eigenvalue weighted by molar-refractivity contribution is 14.1. The number of nitrogens with two attached hydrogens (primary N) is 1. The monoisotopic (exact) mass is 343 g/mol. The van der Waals surface area contributed by atoms with Crippen LogP contribution >= 0.6 is 22.6 Å². The average molecular weight is 343 g/mol. The number of hydrogen-bond acceptors (Lipinski definition) is 3. The largest absolute Gasteiger partial charge is 0.436 e. The maximum Gasteiger partial charge on any atom is 0.241 e. The number of nitrogen functional groups attached to an aromatic ring is 1. The molecule has 5 heteroatoms. The summed E-state index contributed by atoms with van der Waals surface area (Å²) in [4.78, 5) is 0. The summed E-state index contributed by atoms with van der Waals surface area (Å²) in [5.41, 5.74) is 7.49. The average Bonchev–Trinajstić information content (AvgIpc) is 2.59. The maximum absolute atomic E-state index is 6.00. The van der Waals surface area contributed by atoms with E-state index in [2.05, 4.69) is 27.7 Å². The second kappa shape index (κ2) is 4.95. The Morgan fingerprint density at radius 1 is 1.41 bits per heavy atom. The maximum atomic E-state index is 6.00. The van der Waals surface area contributed by atoms with Gasteiger partial charge in [-0.1, -0.05) is 19.1 Å². The third kappa shape index (κ3) is 2.38. The number of halogens is 1. The van der Waals surface area contributed by atoms with Crippen LogP contribution in [0.1, 0.15) is 12.6 Å². The fourth-order valence-electron chi connectivity index (χ4n) is 1.59. The number of rotatable bonds is 3. The summed E-state index contributed by atoms with van der Waals surface area (Å²) in [5.74, 6) is 1.40. The van der Waals surface area contributed by atoms with Crippen molar-refractivity contribution < 1.29 is 4.74 Å². The second-order valence-corrected chi connectivity index (χ2v) is 4.84. The molecule has 0 spiro atoms. The SMILES string of the molecule is CCc1nn(C)c(Oc2ccccc2I)c1N. The number of ether oxygens (including phenoxy) is 1. The van der Waals surface area contributed by atoms with Crippen LogP contribution in [0.2, 0.25) is 0 Å². The smallest absolute Gasteiger partial charge is 0.241 e.